The molecule has 2 aromatic heterocycles. The molecule has 2 N–H and O–H groups in total. The standard InChI is InChI=1S/C21H24FN7O/c1-28(18-11-13-3-2-4-17(24-13)21(18)22)20-8-7-16(25-26-20)15-6-5-14(12-19(15)30)29-10-9-23-27-29/h5-10,12-13,17-18,21,24,30H,2-4,11H2,1H3/t13-,17+,18-,21+/m0/s1. The third kappa shape index (κ3) is 3.39. The molecule has 5 rings (SSSR count). The van der Waals surface area contributed by atoms with E-state index in [9.17, 15) is 5.11 Å². The monoisotopic (exact) mass is 409 g/mol. The average molecular weight is 409 g/mol. The van der Waals surface area contributed by atoms with Gasteiger partial charge in [0.25, 0.3) is 0 Å². The van der Waals surface area contributed by atoms with Crippen LogP contribution in [0, 0.1) is 0 Å². The van der Waals surface area contributed by atoms with Gasteiger partial charge >= 0.3 is 0 Å². The summed E-state index contributed by atoms with van der Waals surface area (Å²) in [6.45, 7) is 0. The van der Waals surface area contributed by atoms with Crippen LogP contribution in [-0.4, -0.2) is 61.6 Å². The molecular formula is C21H24FN7O. The van der Waals surface area contributed by atoms with Gasteiger partial charge in [-0.3, -0.25) is 0 Å². The van der Waals surface area contributed by atoms with Gasteiger partial charge in [-0.25, -0.2) is 9.07 Å². The molecule has 8 nitrogen and oxygen atoms in total. The first-order valence-corrected chi connectivity index (χ1v) is 10.3. The highest BCUT2D eigenvalue weighted by molar-refractivity contribution is 5.69. The van der Waals surface area contributed by atoms with Gasteiger partial charge in [0.1, 0.15) is 11.9 Å². The van der Waals surface area contributed by atoms with Crippen LogP contribution in [0.4, 0.5) is 10.2 Å². The molecule has 1 aromatic carbocycles. The normalized spacial score (nSPS) is 25.8. The van der Waals surface area contributed by atoms with Gasteiger partial charge in [-0.15, -0.1) is 15.3 Å². The van der Waals surface area contributed by atoms with Gasteiger partial charge in [0.15, 0.2) is 5.82 Å². The highest BCUT2D eigenvalue weighted by Gasteiger charge is 2.41. The van der Waals surface area contributed by atoms with E-state index >= 15 is 4.39 Å². The molecule has 0 amide bonds. The summed E-state index contributed by atoms with van der Waals surface area (Å²) in [6, 6.07) is 8.92. The Morgan fingerprint density at radius 3 is 2.83 bits per heavy atom. The number of halogens is 1. The molecule has 0 spiro atoms. The van der Waals surface area contributed by atoms with E-state index < -0.39 is 6.17 Å². The van der Waals surface area contributed by atoms with E-state index in [2.05, 4.69) is 25.8 Å². The lowest BCUT2D eigenvalue weighted by Gasteiger charge is -2.46. The number of hydrogen-bond acceptors (Lipinski definition) is 7. The Labute approximate surface area is 173 Å². The number of hydrogen-bond donors (Lipinski definition) is 2. The van der Waals surface area contributed by atoms with E-state index in [1.54, 1.807) is 35.3 Å². The van der Waals surface area contributed by atoms with Crippen molar-refractivity contribution in [3.05, 3.63) is 42.7 Å². The van der Waals surface area contributed by atoms with Crippen LogP contribution in [0.1, 0.15) is 25.7 Å². The molecular weight excluding hydrogens is 385 g/mol. The van der Waals surface area contributed by atoms with Crippen LogP contribution >= 0.6 is 0 Å². The SMILES string of the molecule is CN(c1ccc(-c2ccc(-n3ccnn3)cc2O)nn1)[C@H]1C[C@@H]2CCC[C@@H](N2)[C@H]1F. The van der Waals surface area contributed by atoms with Crippen molar-refractivity contribution in [2.45, 2.75) is 50.0 Å². The number of phenolic OH excluding ortho intramolecular Hbond substituents is 1. The third-order valence-corrected chi connectivity index (χ3v) is 6.25. The van der Waals surface area contributed by atoms with Crippen LogP contribution in [0.15, 0.2) is 42.7 Å². The number of alkyl halides is 1. The van der Waals surface area contributed by atoms with Gasteiger partial charge in [-0.1, -0.05) is 11.6 Å². The maximum absolute atomic E-state index is 15.0. The Morgan fingerprint density at radius 2 is 2.10 bits per heavy atom. The second kappa shape index (κ2) is 7.64. The van der Waals surface area contributed by atoms with E-state index in [1.807, 2.05) is 24.1 Å². The van der Waals surface area contributed by atoms with Gasteiger partial charge in [0.2, 0.25) is 0 Å². The molecule has 30 heavy (non-hydrogen) atoms. The number of benzene rings is 1. The lowest BCUT2D eigenvalue weighted by Crippen LogP contribution is -2.61. The molecule has 156 valence electrons. The number of piperidine rings is 2. The highest BCUT2D eigenvalue weighted by Crippen LogP contribution is 2.33. The quantitative estimate of drug-likeness (QED) is 0.684. The Balaban J connectivity index is 1.35. The summed E-state index contributed by atoms with van der Waals surface area (Å²) >= 11 is 0. The molecule has 4 atom stereocenters. The fraction of sp³-hybridized carbons (Fsp3) is 0.429. The summed E-state index contributed by atoms with van der Waals surface area (Å²) in [5.74, 6) is 0.707. The average Bonchev–Trinajstić information content (AvgIpc) is 3.31. The number of aromatic hydroxyl groups is 1. The third-order valence-electron chi connectivity index (χ3n) is 6.25. The first-order valence-electron chi connectivity index (χ1n) is 10.3. The van der Waals surface area contributed by atoms with Crippen molar-refractivity contribution >= 4 is 5.82 Å². The van der Waals surface area contributed by atoms with E-state index in [0.717, 1.165) is 25.7 Å². The Morgan fingerprint density at radius 1 is 1.20 bits per heavy atom. The van der Waals surface area contributed by atoms with Crippen LogP contribution in [0.5, 0.6) is 5.75 Å². The molecule has 3 aromatic rings. The summed E-state index contributed by atoms with van der Waals surface area (Å²) in [5.41, 5.74) is 1.82. The maximum atomic E-state index is 15.0. The van der Waals surface area contributed by atoms with Crippen LogP contribution < -0.4 is 10.2 Å². The van der Waals surface area contributed by atoms with Crippen molar-refractivity contribution in [2.24, 2.45) is 0 Å². The lowest BCUT2D eigenvalue weighted by atomic mass is 9.82. The van der Waals surface area contributed by atoms with Crippen molar-refractivity contribution in [3.8, 4) is 22.7 Å². The van der Waals surface area contributed by atoms with Crippen LogP contribution in [-0.2, 0) is 0 Å². The number of nitrogens with zero attached hydrogens (tertiary/aromatic N) is 6. The second-order valence-electron chi connectivity index (χ2n) is 8.09. The minimum Gasteiger partial charge on any atom is -0.507 e. The van der Waals surface area contributed by atoms with Gasteiger partial charge in [0, 0.05) is 30.8 Å². The molecule has 2 fully saturated rings. The molecule has 2 saturated heterocycles. The number of fused-ring (bicyclic) bond motifs is 2. The Bertz CT molecular complexity index is 1010. The van der Waals surface area contributed by atoms with Crippen molar-refractivity contribution in [1.82, 2.24) is 30.5 Å². The molecule has 0 aliphatic carbocycles. The van der Waals surface area contributed by atoms with Crippen molar-refractivity contribution in [2.75, 3.05) is 11.9 Å². The largest absolute Gasteiger partial charge is 0.507 e. The zero-order chi connectivity index (χ0) is 20.7. The first-order chi connectivity index (χ1) is 14.6. The lowest BCUT2D eigenvalue weighted by molar-refractivity contribution is 0.107. The number of aromatic nitrogens is 5. The molecule has 0 radical (unpaired) electrons. The van der Waals surface area contributed by atoms with Crippen molar-refractivity contribution < 1.29 is 9.50 Å². The Hall–Kier alpha value is -3.07. The predicted molar refractivity (Wildman–Crippen MR) is 110 cm³/mol. The van der Waals surface area contributed by atoms with Gasteiger partial charge < -0.3 is 15.3 Å². The summed E-state index contributed by atoms with van der Waals surface area (Å²) < 4.78 is 16.6. The Kier molecular flexibility index (Phi) is 4.82. The fourth-order valence-corrected chi connectivity index (χ4v) is 4.60. The predicted octanol–water partition coefficient (Wildman–Crippen LogP) is 2.49. The van der Waals surface area contributed by atoms with E-state index in [-0.39, 0.29) is 17.8 Å². The second-order valence-corrected chi connectivity index (χ2v) is 8.09. The minimum absolute atomic E-state index is 0.0716. The van der Waals surface area contributed by atoms with Gasteiger partial charge in [-0.05, 0) is 43.5 Å². The number of phenols is 1. The van der Waals surface area contributed by atoms with E-state index in [0.29, 0.717) is 28.8 Å². The number of nitrogens with one attached hydrogen (secondary N) is 1. The number of anilines is 1. The van der Waals surface area contributed by atoms with Crippen LogP contribution in [0.25, 0.3) is 16.9 Å². The molecule has 4 heterocycles. The molecule has 0 unspecified atom stereocenters. The minimum atomic E-state index is -0.929. The molecule has 2 aliphatic heterocycles. The first kappa shape index (κ1) is 18.9. The van der Waals surface area contributed by atoms with Crippen molar-refractivity contribution in [1.29, 1.82) is 0 Å². The zero-order valence-corrected chi connectivity index (χ0v) is 16.7. The maximum Gasteiger partial charge on any atom is 0.151 e. The molecule has 9 heteroatoms. The van der Waals surface area contributed by atoms with E-state index in [1.165, 1.54) is 0 Å². The smallest absolute Gasteiger partial charge is 0.151 e. The van der Waals surface area contributed by atoms with Gasteiger partial charge in [-0.2, -0.15) is 0 Å². The molecule has 2 aliphatic rings. The molecule has 2 bridgehead atoms. The van der Waals surface area contributed by atoms with Crippen LogP contribution in [0.3, 0.4) is 0 Å². The molecule has 0 saturated carbocycles. The summed E-state index contributed by atoms with van der Waals surface area (Å²) in [5, 5.41) is 30.2. The van der Waals surface area contributed by atoms with Crippen molar-refractivity contribution in [3.63, 3.8) is 0 Å². The topological polar surface area (TPSA) is 92.0 Å². The number of rotatable bonds is 4. The zero-order valence-electron chi connectivity index (χ0n) is 16.7. The van der Waals surface area contributed by atoms with Crippen LogP contribution in [0.2, 0.25) is 0 Å². The summed E-state index contributed by atoms with van der Waals surface area (Å²) in [7, 11) is 1.88. The van der Waals surface area contributed by atoms with Gasteiger partial charge in [0.05, 0.1) is 29.8 Å². The fourth-order valence-electron chi connectivity index (χ4n) is 4.60. The summed E-state index contributed by atoms with van der Waals surface area (Å²) in [4.78, 5) is 1.90. The van der Waals surface area contributed by atoms with E-state index in [4.69, 9.17) is 0 Å². The highest BCUT2D eigenvalue weighted by atomic mass is 19.1. The summed E-state index contributed by atoms with van der Waals surface area (Å²) in [6.07, 6.45) is 6.18.